The largest absolute Gasteiger partial charge is 0.332 e. The summed E-state index contributed by atoms with van der Waals surface area (Å²) in [7, 11) is 0. The number of pyridine rings is 1. The second kappa shape index (κ2) is 5.53. The Labute approximate surface area is 112 Å². The van der Waals surface area contributed by atoms with Crippen LogP contribution < -0.4 is 0 Å². The predicted octanol–water partition coefficient (Wildman–Crippen LogP) is 3.09. The maximum atomic E-state index is 12.4. The molecule has 4 heteroatoms. The lowest BCUT2D eigenvalue weighted by Crippen LogP contribution is -2.33. The molecule has 2 rings (SSSR count). The minimum Gasteiger partial charge on any atom is -0.332 e. The molecule has 96 valence electrons. The number of nitrogens with zero attached hydrogens (tertiary/aromatic N) is 2. The van der Waals surface area contributed by atoms with Crippen LogP contribution in [-0.4, -0.2) is 28.4 Å². The maximum Gasteiger partial charge on any atom is 0.254 e. The highest BCUT2D eigenvalue weighted by Crippen LogP contribution is 2.28. The van der Waals surface area contributed by atoms with E-state index in [1.165, 1.54) is 0 Å². The average Bonchev–Trinajstić information content (AvgIpc) is 3.18. The van der Waals surface area contributed by atoms with Gasteiger partial charge in [0.1, 0.15) is 5.15 Å². The standard InChI is InChI=1S/C14H17ClN2O/c1-3-7-17(12-5-6-12)14(18)10-8-11(4-2)16-13(15)9-10/h3,8-9,12H,1,4-7H2,2H3. The monoisotopic (exact) mass is 264 g/mol. The first-order valence-electron chi connectivity index (χ1n) is 6.24. The zero-order chi connectivity index (χ0) is 13.1. The van der Waals surface area contributed by atoms with Crippen molar-refractivity contribution in [2.45, 2.75) is 32.2 Å². The molecule has 1 heterocycles. The van der Waals surface area contributed by atoms with Gasteiger partial charge in [-0.2, -0.15) is 0 Å². The van der Waals surface area contributed by atoms with Crippen LogP contribution in [0.25, 0.3) is 0 Å². The van der Waals surface area contributed by atoms with Crippen LogP contribution in [0.1, 0.15) is 35.8 Å². The van der Waals surface area contributed by atoms with E-state index >= 15 is 0 Å². The predicted molar refractivity (Wildman–Crippen MR) is 72.9 cm³/mol. The minimum absolute atomic E-state index is 0.0244. The fraction of sp³-hybridized carbons (Fsp3) is 0.429. The Bertz CT molecular complexity index is 469. The lowest BCUT2D eigenvalue weighted by atomic mass is 10.1. The second-order valence-corrected chi connectivity index (χ2v) is 4.89. The molecule has 0 N–H and O–H groups in total. The fourth-order valence-electron chi connectivity index (χ4n) is 1.94. The highest BCUT2D eigenvalue weighted by atomic mass is 35.5. The van der Waals surface area contributed by atoms with Gasteiger partial charge in [0.15, 0.2) is 0 Å². The first-order valence-corrected chi connectivity index (χ1v) is 6.61. The van der Waals surface area contributed by atoms with Crippen molar-refractivity contribution in [2.24, 2.45) is 0 Å². The lowest BCUT2D eigenvalue weighted by molar-refractivity contribution is 0.0762. The van der Waals surface area contributed by atoms with Gasteiger partial charge in [0.25, 0.3) is 5.91 Å². The van der Waals surface area contributed by atoms with E-state index in [9.17, 15) is 4.79 Å². The van der Waals surface area contributed by atoms with Crippen molar-refractivity contribution < 1.29 is 4.79 Å². The molecular formula is C14H17ClN2O. The van der Waals surface area contributed by atoms with Gasteiger partial charge in [-0.15, -0.1) is 6.58 Å². The van der Waals surface area contributed by atoms with Crippen LogP contribution in [0.4, 0.5) is 0 Å². The number of halogens is 1. The van der Waals surface area contributed by atoms with Gasteiger partial charge < -0.3 is 4.90 Å². The van der Waals surface area contributed by atoms with Crippen LogP contribution >= 0.6 is 11.6 Å². The third-order valence-electron chi connectivity index (χ3n) is 3.03. The minimum atomic E-state index is 0.0244. The molecule has 0 atom stereocenters. The van der Waals surface area contributed by atoms with Crippen molar-refractivity contribution in [1.82, 2.24) is 9.88 Å². The van der Waals surface area contributed by atoms with Crippen molar-refractivity contribution in [3.63, 3.8) is 0 Å². The summed E-state index contributed by atoms with van der Waals surface area (Å²) < 4.78 is 0. The molecular weight excluding hydrogens is 248 g/mol. The van der Waals surface area contributed by atoms with Crippen LogP contribution in [0, 0.1) is 0 Å². The number of aryl methyl sites for hydroxylation is 1. The Hall–Kier alpha value is -1.35. The van der Waals surface area contributed by atoms with Crippen LogP contribution in [-0.2, 0) is 6.42 Å². The van der Waals surface area contributed by atoms with Crippen molar-refractivity contribution in [3.05, 3.63) is 41.2 Å². The Morgan fingerprint density at radius 3 is 2.89 bits per heavy atom. The zero-order valence-corrected chi connectivity index (χ0v) is 11.3. The number of carbonyl (C=O) groups is 1. The molecule has 1 aromatic heterocycles. The smallest absolute Gasteiger partial charge is 0.254 e. The molecule has 0 unspecified atom stereocenters. The van der Waals surface area contributed by atoms with E-state index in [4.69, 9.17) is 11.6 Å². The van der Waals surface area contributed by atoms with Gasteiger partial charge in [-0.3, -0.25) is 4.79 Å². The number of hydrogen-bond donors (Lipinski definition) is 0. The van der Waals surface area contributed by atoms with E-state index in [0.717, 1.165) is 25.0 Å². The molecule has 1 saturated carbocycles. The van der Waals surface area contributed by atoms with Gasteiger partial charge in [-0.05, 0) is 31.4 Å². The maximum absolute atomic E-state index is 12.4. The lowest BCUT2D eigenvalue weighted by Gasteiger charge is -2.21. The SMILES string of the molecule is C=CCN(C(=O)c1cc(Cl)nc(CC)c1)C1CC1. The van der Waals surface area contributed by atoms with E-state index in [2.05, 4.69) is 11.6 Å². The van der Waals surface area contributed by atoms with E-state index in [0.29, 0.717) is 23.3 Å². The Morgan fingerprint density at radius 1 is 1.61 bits per heavy atom. The molecule has 0 saturated heterocycles. The first-order chi connectivity index (χ1) is 8.65. The molecule has 0 aromatic carbocycles. The third kappa shape index (κ3) is 2.91. The van der Waals surface area contributed by atoms with E-state index in [1.807, 2.05) is 17.9 Å². The third-order valence-corrected chi connectivity index (χ3v) is 3.22. The summed E-state index contributed by atoms with van der Waals surface area (Å²) in [5, 5.41) is 0.382. The molecule has 1 aromatic rings. The van der Waals surface area contributed by atoms with E-state index in [-0.39, 0.29) is 5.91 Å². The molecule has 18 heavy (non-hydrogen) atoms. The molecule has 0 spiro atoms. The van der Waals surface area contributed by atoms with E-state index < -0.39 is 0 Å². The van der Waals surface area contributed by atoms with Gasteiger partial charge in [-0.1, -0.05) is 24.6 Å². The molecule has 3 nitrogen and oxygen atoms in total. The van der Waals surface area contributed by atoms with Crippen LogP contribution in [0.15, 0.2) is 24.8 Å². The number of carbonyl (C=O) groups excluding carboxylic acids is 1. The molecule has 1 fully saturated rings. The summed E-state index contributed by atoms with van der Waals surface area (Å²) in [4.78, 5) is 18.5. The summed E-state index contributed by atoms with van der Waals surface area (Å²) in [6.45, 7) is 6.29. The number of rotatable bonds is 5. The summed E-state index contributed by atoms with van der Waals surface area (Å²) in [6, 6.07) is 3.83. The average molecular weight is 265 g/mol. The summed E-state index contributed by atoms with van der Waals surface area (Å²) >= 11 is 5.95. The molecule has 1 aliphatic carbocycles. The molecule has 0 radical (unpaired) electrons. The fourth-order valence-corrected chi connectivity index (χ4v) is 2.17. The summed E-state index contributed by atoms with van der Waals surface area (Å²) in [5.74, 6) is 0.0244. The second-order valence-electron chi connectivity index (χ2n) is 4.50. The van der Waals surface area contributed by atoms with Gasteiger partial charge in [0, 0.05) is 23.8 Å². The van der Waals surface area contributed by atoms with Crippen LogP contribution in [0.5, 0.6) is 0 Å². The van der Waals surface area contributed by atoms with Gasteiger partial charge in [0.2, 0.25) is 0 Å². The molecule has 1 amide bonds. The molecule has 1 aliphatic rings. The first kappa shape index (κ1) is 13.1. The van der Waals surface area contributed by atoms with Crippen molar-refractivity contribution in [3.8, 4) is 0 Å². The summed E-state index contributed by atoms with van der Waals surface area (Å²) in [5.41, 5.74) is 1.47. The van der Waals surface area contributed by atoms with Gasteiger partial charge in [-0.25, -0.2) is 4.98 Å². The summed E-state index contributed by atoms with van der Waals surface area (Å²) in [6.07, 6.45) is 4.70. The topological polar surface area (TPSA) is 33.2 Å². The Morgan fingerprint density at radius 2 is 2.33 bits per heavy atom. The molecule has 0 bridgehead atoms. The molecule has 0 aliphatic heterocycles. The van der Waals surface area contributed by atoms with Crippen molar-refractivity contribution in [2.75, 3.05) is 6.54 Å². The zero-order valence-electron chi connectivity index (χ0n) is 10.5. The van der Waals surface area contributed by atoms with E-state index in [1.54, 1.807) is 12.1 Å². The quantitative estimate of drug-likeness (QED) is 0.605. The number of hydrogen-bond acceptors (Lipinski definition) is 2. The van der Waals surface area contributed by atoms with Crippen molar-refractivity contribution >= 4 is 17.5 Å². The number of aromatic nitrogens is 1. The Balaban J connectivity index is 2.25. The highest BCUT2D eigenvalue weighted by Gasteiger charge is 2.32. The highest BCUT2D eigenvalue weighted by molar-refractivity contribution is 6.29. The number of amides is 1. The normalized spacial score (nSPS) is 14.3. The van der Waals surface area contributed by atoms with Crippen molar-refractivity contribution in [1.29, 1.82) is 0 Å². The van der Waals surface area contributed by atoms with Gasteiger partial charge in [0.05, 0.1) is 0 Å². The Kier molecular flexibility index (Phi) is 4.02. The van der Waals surface area contributed by atoms with Crippen LogP contribution in [0.2, 0.25) is 5.15 Å². The van der Waals surface area contributed by atoms with Crippen LogP contribution in [0.3, 0.4) is 0 Å². The van der Waals surface area contributed by atoms with Gasteiger partial charge >= 0.3 is 0 Å².